The van der Waals surface area contributed by atoms with Crippen molar-refractivity contribution >= 4 is 11.9 Å². The standard InChI is InChI=1S/C16H19NO5/c1-10-5-6-17(12(9-10)16(19)20)15(18)11-3-2-4-13-14(11)22-8-7-21-13/h2-4,10,12H,5-9H2,1H3,(H,19,20). The number of rotatable bonds is 2. The molecular weight excluding hydrogens is 286 g/mol. The Kier molecular flexibility index (Phi) is 3.92. The van der Waals surface area contributed by atoms with Gasteiger partial charge in [-0.2, -0.15) is 0 Å². The van der Waals surface area contributed by atoms with Gasteiger partial charge in [-0.25, -0.2) is 4.79 Å². The highest BCUT2D eigenvalue weighted by atomic mass is 16.6. The van der Waals surface area contributed by atoms with Gasteiger partial charge < -0.3 is 19.5 Å². The van der Waals surface area contributed by atoms with Crippen LogP contribution in [0, 0.1) is 5.92 Å². The van der Waals surface area contributed by atoms with E-state index >= 15 is 0 Å². The molecule has 2 unspecified atom stereocenters. The van der Waals surface area contributed by atoms with Crippen LogP contribution >= 0.6 is 0 Å². The van der Waals surface area contributed by atoms with E-state index in [2.05, 4.69) is 0 Å². The smallest absolute Gasteiger partial charge is 0.326 e. The second-order valence-corrected chi connectivity index (χ2v) is 5.81. The summed E-state index contributed by atoms with van der Waals surface area (Å²) in [5.74, 6) is -0.00574. The first-order valence-electron chi connectivity index (χ1n) is 7.50. The van der Waals surface area contributed by atoms with Gasteiger partial charge >= 0.3 is 5.97 Å². The summed E-state index contributed by atoms with van der Waals surface area (Å²) >= 11 is 0. The third-order valence-electron chi connectivity index (χ3n) is 4.21. The Morgan fingerprint density at radius 2 is 2.05 bits per heavy atom. The van der Waals surface area contributed by atoms with Crippen molar-refractivity contribution in [1.82, 2.24) is 4.90 Å². The summed E-state index contributed by atoms with van der Waals surface area (Å²) in [6.07, 6.45) is 1.29. The Balaban J connectivity index is 1.91. The molecule has 1 aromatic rings. The molecule has 1 amide bonds. The van der Waals surface area contributed by atoms with Gasteiger partial charge in [-0.05, 0) is 30.9 Å². The van der Waals surface area contributed by atoms with Crippen molar-refractivity contribution in [2.24, 2.45) is 5.92 Å². The Bertz CT molecular complexity index is 600. The van der Waals surface area contributed by atoms with Crippen LogP contribution in [0.4, 0.5) is 0 Å². The highest BCUT2D eigenvalue weighted by Crippen LogP contribution is 2.35. The lowest BCUT2D eigenvalue weighted by Crippen LogP contribution is -2.49. The van der Waals surface area contributed by atoms with Crippen molar-refractivity contribution < 1.29 is 24.2 Å². The molecule has 0 saturated carbocycles. The number of likely N-dealkylation sites (tertiary alicyclic amines) is 1. The zero-order chi connectivity index (χ0) is 15.7. The van der Waals surface area contributed by atoms with E-state index < -0.39 is 12.0 Å². The number of benzene rings is 1. The number of amides is 1. The van der Waals surface area contributed by atoms with E-state index in [0.717, 1.165) is 6.42 Å². The lowest BCUT2D eigenvalue weighted by molar-refractivity contribution is -0.144. The number of nitrogens with zero attached hydrogens (tertiary/aromatic N) is 1. The number of ether oxygens (including phenoxy) is 2. The molecule has 6 nitrogen and oxygen atoms in total. The molecule has 1 saturated heterocycles. The Morgan fingerprint density at radius 1 is 1.27 bits per heavy atom. The topological polar surface area (TPSA) is 76.1 Å². The summed E-state index contributed by atoms with van der Waals surface area (Å²) in [4.78, 5) is 25.7. The van der Waals surface area contributed by atoms with Crippen LogP contribution in [0.3, 0.4) is 0 Å². The molecule has 0 aromatic heterocycles. The van der Waals surface area contributed by atoms with Crippen LogP contribution in [0.15, 0.2) is 18.2 Å². The van der Waals surface area contributed by atoms with Crippen molar-refractivity contribution in [2.45, 2.75) is 25.8 Å². The second kappa shape index (κ2) is 5.87. The fourth-order valence-electron chi connectivity index (χ4n) is 3.02. The van der Waals surface area contributed by atoms with Gasteiger partial charge in [0.15, 0.2) is 11.5 Å². The Morgan fingerprint density at radius 3 is 2.82 bits per heavy atom. The van der Waals surface area contributed by atoms with E-state index in [4.69, 9.17) is 9.47 Å². The fraction of sp³-hybridized carbons (Fsp3) is 0.500. The number of carboxylic acid groups (broad SMARTS) is 1. The number of hydrogen-bond donors (Lipinski definition) is 1. The molecule has 0 bridgehead atoms. The number of hydrogen-bond acceptors (Lipinski definition) is 4. The predicted molar refractivity (Wildman–Crippen MR) is 78.3 cm³/mol. The molecule has 1 fully saturated rings. The molecule has 22 heavy (non-hydrogen) atoms. The number of carbonyl (C=O) groups is 2. The summed E-state index contributed by atoms with van der Waals surface area (Å²) in [7, 11) is 0. The monoisotopic (exact) mass is 305 g/mol. The van der Waals surface area contributed by atoms with E-state index in [0.29, 0.717) is 49.2 Å². The molecular formula is C16H19NO5. The molecule has 2 heterocycles. The normalized spacial score (nSPS) is 24.0. The maximum atomic E-state index is 12.8. The van der Waals surface area contributed by atoms with E-state index in [-0.39, 0.29) is 5.91 Å². The van der Waals surface area contributed by atoms with E-state index in [9.17, 15) is 14.7 Å². The number of fused-ring (bicyclic) bond motifs is 1. The van der Waals surface area contributed by atoms with Crippen molar-refractivity contribution in [3.05, 3.63) is 23.8 Å². The van der Waals surface area contributed by atoms with Gasteiger partial charge in [0, 0.05) is 6.54 Å². The van der Waals surface area contributed by atoms with E-state index in [1.165, 1.54) is 4.90 Å². The van der Waals surface area contributed by atoms with Gasteiger partial charge in [0.1, 0.15) is 19.3 Å². The lowest BCUT2D eigenvalue weighted by Gasteiger charge is -2.36. The van der Waals surface area contributed by atoms with Gasteiger partial charge in [-0.3, -0.25) is 4.79 Å². The van der Waals surface area contributed by atoms with Gasteiger partial charge in [-0.1, -0.05) is 13.0 Å². The molecule has 2 atom stereocenters. The van der Waals surface area contributed by atoms with Gasteiger partial charge in [0.2, 0.25) is 0 Å². The quantitative estimate of drug-likeness (QED) is 0.901. The summed E-state index contributed by atoms with van der Waals surface area (Å²) in [6, 6.07) is 4.35. The third kappa shape index (κ3) is 2.61. The van der Waals surface area contributed by atoms with E-state index in [1.54, 1.807) is 18.2 Å². The molecule has 0 radical (unpaired) electrons. The zero-order valence-corrected chi connectivity index (χ0v) is 12.4. The van der Waals surface area contributed by atoms with Crippen LogP contribution in [0.1, 0.15) is 30.1 Å². The number of aliphatic carboxylic acids is 1. The minimum absolute atomic E-state index is 0.300. The van der Waals surface area contributed by atoms with Crippen LogP contribution in [-0.2, 0) is 4.79 Å². The molecule has 0 spiro atoms. The fourth-order valence-corrected chi connectivity index (χ4v) is 3.02. The second-order valence-electron chi connectivity index (χ2n) is 5.81. The van der Waals surface area contributed by atoms with Crippen LogP contribution in [0.5, 0.6) is 11.5 Å². The number of para-hydroxylation sites is 1. The maximum absolute atomic E-state index is 12.8. The molecule has 3 rings (SSSR count). The summed E-state index contributed by atoms with van der Waals surface area (Å²) in [6.45, 7) is 3.29. The number of carbonyl (C=O) groups excluding carboxylic acids is 1. The van der Waals surface area contributed by atoms with Crippen LogP contribution in [0.25, 0.3) is 0 Å². The highest BCUT2D eigenvalue weighted by molar-refractivity contribution is 5.99. The van der Waals surface area contributed by atoms with Crippen molar-refractivity contribution in [3.8, 4) is 11.5 Å². The number of piperidine rings is 1. The van der Waals surface area contributed by atoms with Crippen LogP contribution in [-0.4, -0.2) is 47.7 Å². The predicted octanol–water partition coefficient (Wildman–Crippen LogP) is 1.78. The molecule has 0 aliphatic carbocycles. The third-order valence-corrected chi connectivity index (χ3v) is 4.21. The van der Waals surface area contributed by atoms with Crippen LogP contribution < -0.4 is 9.47 Å². The van der Waals surface area contributed by atoms with Gasteiger partial charge in [0.25, 0.3) is 5.91 Å². The first kappa shape index (κ1) is 14.7. The van der Waals surface area contributed by atoms with Crippen LogP contribution in [0.2, 0.25) is 0 Å². The number of carboxylic acids is 1. The minimum atomic E-state index is -0.957. The average Bonchev–Trinajstić information content (AvgIpc) is 2.53. The molecule has 2 aliphatic heterocycles. The highest BCUT2D eigenvalue weighted by Gasteiger charge is 2.36. The molecule has 118 valence electrons. The van der Waals surface area contributed by atoms with Gasteiger partial charge in [0.05, 0.1) is 5.56 Å². The lowest BCUT2D eigenvalue weighted by atomic mass is 9.91. The average molecular weight is 305 g/mol. The first-order chi connectivity index (χ1) is 10.6. The van der Waals surface area contributed by atoms with E-state index in [1.807, 2.05) is 6.92 Å². The summed E-state index contributed by atoms with van der Waals surface area (Å²) in [5, 5.41) is 9.41. The van der Waals surface area contributed by atoms with Crippen molar-refractivity contribution in [3.63, 3.8) is 0 Å². The molecule has 1 N–H and O–H groups in total. The maximum Gasteiger partial charge on any atom is 0.326 e. The molecule has 6 heteroatoms. The van der Waals surface area contributed by atoms with Crippen molar-refractivity contribution in [1.29, 1.82) is 0 Å². The molecule has 1 aromatic carbocycles. The summed E-state index contributed by atoms with van der Waals surface area (Å²) < 4.78 is 11.0. The Labute approximate surface area is 128 Å². The van der Waals surface area contributed by atoms with Gasteiger partial charge in [-0.15, -0.1) is 0 Å². The largest absolute Gasteiger partial charge is 0.486 e. The van der Waals surface area contributed by atoms with Crippen molar-refractivity contribution in [2.75, 3.05) is 19.8 Å². The minimum Gasteiger partial charge on any atom is -0.486 e. The summed E-state index contributed by atoms with van der Waals surface area (Å²) in [5.41, 5.74) is 0.373. The molecule has 2 aliphatic rings. The first-order valence-corrected chi connectivity index (χ1v) is 7.50. The zero-order valence-electron chi connectivity index (χ0n) is 12.4. The SMILES string of the molecule is CC1CCN(C(=O)c2cccc3c2OCCO3)C(C(=O)O)C1. The Hall–Kier alpha value is -2.24.